The number of nitrogens with zero attached hydrogens (tertiary/aromatic N) is 6. The summed E-state index contributed by atoms with van der Waals surface area (Å²) in [6.45, 7) is 1.23. The summed E-state index contributed by atoms with van der Waals surface area (Å²) in [5.74, 6) is 2.19. The van der Waals surface area contributed by atoms with Crippen molar-refractivity contribution in [3.63, 3.8) is 0 Å². The van der Waals surface area contributed by atoms with Gasteiger partial charge in [0.25, 0.3) is 5.91 Å². The Labute approximate surface area is 246 Å². The number of ether oxygens (including phenoxy) is 2. The first kappa shape index (κ1) is 27.4. The molecule has 1 aliphatic heterocycles. The molecule has 4 heterocycles. The number of hydrogen-bond acceptors (Lipinski definition) is 9. The van der Waals surface area contributed by atoms with Crippen LogP contribution in [0.1, 0.15) is 22.3 Å². The number of amides is 2. The summed E-state index contributed by atoms with van der Waals surface area (Å²) in [4.78, 5) is 38.1. The fourth-order valence-electron chi connectivity index (χ4n) is 4.85. The van der Waals surface area contributed by atoms with Crippen molar-refractivity contribution in [1.82, 2.24) is 29.6 Å². The van der Waals surface area contributed by atoms with Gasteiger partial charge >= 0.3 is 6.09 Å². The van der Waals surface area contributed by atoms with Crippen LogP contribution in [0.25, 0.3) is 11.0 Å². The molecule has 6 rings (SSSR count). The zero-order chi connectivity index (χ0) is 29.8. The molecular formula is C30H28N8O5. The third-order valence-electron chi connectivity index (χ3n) is 7.02. The molecule has 218 valence electrons. The summed E-state index contributed by atoms with van der Waals surface area (Å²) in [5.41, 5.74) is 2.01. The Morgan fingerprint density at radius 2 is 1.72 bits per heavy atom. The second kappa shape index (κ2) is 12.0. The molecule has 1 atom stereocenters. The molecule has 0 saturated carbocycles. The molecule has 1 aliphatic rings. The summed E-state index contributed by atoms with van der Waals surface area (Å²) in [5, 5.41) is 21.0. The maximum atomic E-state index is 12.6. The first-order valence-corrected chi connectivity index (χ1v) is 13.6. The smallest absolute Gasteiger partial charge is 0.407 e. The number of nitrogens with one attached hydrogen (secondary N) is 2. The minimum atomic E-state index is -0.946. The van der Waals surface area contributed by atoms with Gasteiger partial charge in [-0.2, -0.15) is 5.10 Å². The third kappa shape index (κ3) is 6.15. The van der Waals surface area contributed by atoms with E-state index < -0.39 is 6.09 Å². The van der Waals surface area contributed by atoms with E-state index >= 15 is 0 Å². The highest BCUT2D eigenvalue weighted by Gasteiger charge is 2.28. The zero-order valence-corrected chi connectivity index (χ0v) is 23.2. The Morgan fingerprint density at radius 3 is 2.42 bits per heavy atom. The van der Waals surface area contributed by atoms with E-state index in [9.17, 15) is 14.7 Å². The Bertz CT molecular complexity index is 1740. The number of carbonyl (C=O) groups is 2. The quantitative estimate of drug-likeness (QED) is 0.227. The first-order chi connectivity index (χ1) is 21.0. The van der Waals surface area contributed by atoms with E-state index in [0.29, 0.717) is 60.0 Å². The van der Waals surface area contributed by atoms with Gasteiger partial charge in [0.05, 0.1) is 13.7 Å². The molecule has 5 aromatic rings. The van der Waals surface area contributed by atoms with Gasteiger partial charge in [0.1, 0.15) is 22.6 Å². The molecule has 1 fully saturated rings. The van der Waals surface area contributed by atoms with E-state index in [4.69, 9.17) is 14.6 Å². The van der Waals surface area contributed by atoms with E-state index in [0.717, 1.165) is 11.3 Å². The van der Waals surface area contributed by atoms with Crippen molar-refractivity contribution >= 4 is 34.8 Å². The minimum absolute atomic E-state index is 0.122. The molecule has 3 aromatic heterocycles. The maximum Gasteiger partial charge on any atom is 0.407 e. The van der Waals surface area contributed by atoms with Gasteiger partial charge in [0.2, 0.25) is 5.95 Å². The predicted molar refractivity (Wildman–Crippen MR) is 158 cm³/mol. The number of methoxy groups -OCH3 is 1. The lowest BCUT2D eigenvalue weighted by molar-refractivity contribution is 0.102. The molecule has 1 unspecified atom stereocenters. The fraction of sp³-hybridized carbons (Fsp3) is 0.200. The van der Waals surface area contributed by atoms with Crippen LogP contribution in [0.2, 0.25) is 0 Å². The largest absolute Gasteiger partial charge is 0.497 e. The van der Waals surface area contributed by atoms with Crippen LogP contribution in [0, 0.1) is 0 Å². The SMILES string of the molecule is COc1ccc(Cn2nc(NC3CCN(C(=O)O)C3)c3c(Oc4ccc(C(=O)Nc5ncccn5)cc4)ccnc32)cc1. The number of fused-ring (bicyclic) bond motifs is 1. The number of likely N-dealkylation sites (tertiary alicyclic amines) is 1. The molecule has 2 amide bonds. The molecule has 0 radical (unpaired) electrons. The van der Waals surface area contributed by atoms with Gasteiger partial charge in [0, 0.05) is 49.4 Å². The number of benzene rings is 2. The van der Waals surface area contributed by atoms with E-state index in [-0.39, 0.29) is 17.9 Å². The zero-order valence-electron chi connectivity index (χ0n) is 23.2. The number of hydrogen-bond donors (Lipinski definition) is 3. The minimum Gasteiger partial charge on any atom is -0.497 e. The molecule has 43 heavy (non-hydrogen) atoms. The van der Waals surface area contributed by atoms with Crippen LogP contribution in [-0.4, -0.2) is 73.0 Å². The fourth-order valence-corrected chi connectivity index (χ4v) is 4.85. The van der Waals surface area contributed by atoms with Crippen LogP contribution in [0.15, 0.2) is 79.3 Å². The maximum absolute atomic E-state index is 12.6. The van der Waals surface area contributed by atoms with Crippen molar-refractivity contribution in [1.29, 1.82) is 0 Å². The average Bonchev–Trinajstić information content (AvgIpc) is 3.64. The lowest BCUT2D eigenvalue weighted by Crippen LogP contribution is -2.30. The molecule has 0 spiro atoms. The van der Waals surface area contributed by atoms with Crippen molar-refractivity contribution in [2.75, 3.05) is 30.8 Å². The molecule has 0 aliphatic carbocycles. The third-order valence-corrected chi connectivity index (χ3v) is 7.02. The second-order valence-electron chi connectivity index (χ2n) is 9.87. The summed E-state index contributed by atoms with van der Waals surface area (Å²) in [6.07, 6.45) is 4.45. The Kier molecular flexibility index (Phi) is 7.68. The van der Waals surface area contributed by atoms with Crippen molar-refractivity contribution < 1.29 is 24.2 Å². The highest BCUT2D eigenvalue weighted by molar-refractivity contribution is 6.03. The Balaban J connectivity index is 1.28. The summed E-state index contributed by atoms with van der Waals surface area (Å²) in [7, 11) is 1.62. The topological polar surface area (TPSA) is 157 Å². The van der Waals surface area contributed by atoms with Crippen LogP contribution < -0.4 is 20.1 Å². The molecular weight excluding hydrogens is 552 g/mol. The number of carbonyl (C=O) groups excluding carboxylic acids is 1. The highest BCUT2D eigenvalue weighted by atomic mass is 16.5. The van der Waals surface area contributed by atoms with Gasteiger partial charge in [-0.25, -0.2) is 24.4 Å². The molecule has 0 bridgehead atoms. The van der Waals surface area contributed by atoms with E-state index in [1.807, 2.05) is 24.3 Å². The Morgan fingerprint density at radius 1 is 0.977 bits per heavy atom. The Hall–Kier alpha value is -5.72. The average molecular weight is 581 g/mol. The van der Waals surface area contributed by atoms with E-state index in [1.54, 1.807) is 66.8 Å². The van der Waals surface area contributed by atoms with Crippen molar-refractivity contribution in [2.45, 2.75) is 19.0 Å². The van der Waals surface area contributed by atoms with Crippen LogP contribution in [0.4, 0.5) is 16.6 Å². The summed E-state index contributed by atoms with van der Waals surface area (Å²) >= 11 is 0. The predicted octanol–water partition coefficient (Wildman–Crippen LogP) is 4.49. The monoisotopic (exact) mass is 580 g/mol. The standard InChI is InChI=1S/C30H28N8O5/c1-42-22-7-3-19(4-8-22)17-38-27-25(26(36-38)34-21-12-16-37(18-21)30(40)41)24(11-15-31-27)43-23-9-5-20(6-10-23)28(39)35-29-32-13-2-14-33-29/h2-11,13-15,21H,12,16-18H2,1H3,(H,34,36)(H,40,41)(H,32,33,35,39). The van der Waals surface area contributed by atoms with E-state index in [2.05, 4.69) is 25.6 Å². The lowest BCUT2D eigenvalue weighted by atomic mass is 10.2. The van der Waals surface area contributed by atoms with Gasteiger partial charge in [0.15, 0.2) is 11.5 Å². The summed E-state index contributed by atoms with van der Waals surface area (Å²) in [6, 6.07) is 17.7. The highest BCUT2D eigenvalue weighted by Crippen LogP contribution is 2.35. The lowest BCUT2D eigenvalue weighted by Gasteiger charge is -2.14. The van der Waals surface area contributed by atoms with Crippen molar-refractivity contribution in [3.8, 4) is 17.2 Å². The van der Waals surface area contributed by atoms with E-state index in [1.165, 1.54) is 4.90 Å². The van der Waals surface area contributed by atoms with Crippen LogP contribution >= 0.6 is 0 Å². The second-order valence-corrected chi connectivity index (χ2v) is 9.87. The van der Waals surface area contributed by atoms with Crippen molar-refractivity contribution in [2.24, 2.45) is 0 Å². The number of aromatic nitrogens is 5. The number of anilines is 2. The first-order valence-electron chi connectivity index (χ1n) is 13.6. The molecule has 2 aromatic carbocycles. The van der Waals surface area contributed by atoms with Crippen LogP contribution in [0.3, 0.4) is 0 Å². The number of rotatable bonds is 9. The van der Waals surface area contributed by atoms with Gasteiger partial charge in [-0.05, 0) is 54.4 Å². The molecule has 13 heteroatoms. The number of pyridine rings is 1. The normalized spacial score (nSPS) is 14.4. The van der Waals surface area contributed by atoms with Gasteiger partial charge in [-0.15, -0.1) is 0 Å². The van der Waals surface area contributed by atoms with Crippen LogP contribution in [0.5, 0.6) is 17.2 Å². The number of carboxylic acid groups (broad SMARTS) is 1. The van der Waals surface area contributed by atoms with Gasteiger partial charge < -0.3 is 24.8 Å². The molecule has 1 saturated heterocycles. The van der Waals surface area contributed by atoms with Crippen molar-refractivity contribution in [3.05, 3.63) is 90.4 Å². The summed E-state index contributed by atoms with van der Waals surface area (Å²) < 4.78 is 13.4. The van der Waals surface area contributed by atoms with Gasteiger partial charge in [-0.1, -0.05) is 12.1 Å². The molecule has 13 nitrogen and oxygen atoms in total. The molecule has 3 N–H and O–H groups in total. The van der Waals surface area contributed by atoms with Crippen LogP contribution in [-0.2, 0) is 6.54 Å². The van der Waals surface area contributed by atoms with Gasteiger partial charge in [-0.3, -0.25) is 10.1 Å².